The van der Waals surface area contributed by atoms with Crippen molar-refractivity contribution in [3.63, 3.8) is 0 Å². The minimum absolute atomic E-state index is 0.239. The number of carbonyl (C=O) groups is 1. The van der Waals surface area contributed by atoms with E-state index < -0.39 is 36.9 Å². The van der Waals surface area contributed by atoms with Crippen molar-refractivity contribution in [3.05, 3.63) is 65.7 Å². The Balaban J connectivity index is 1.53. The molecule has 2 heterocycles. The molecule has 2 saturated heterocycles. The SMILES string of the molecule is CCc1cccc(O[C@@H]2O[C@@H]3CO[C@H](c4ccccc4)O[C@@H]3[C@@H](O)[C@H]2NC(C)=O)c1. The Morgan fingerprint density at radius 3 is 2.70 bits per heavy atom. The zero-order valence-corrected chi connectivity index (χ0v) is 17.1. The van der Waals surface area contributed by atoms with E-state index in [4.69, 9.17) is 18.9 Å². The van der Waals surface area contributed by atoms with Crippen LogP contribution in [0.3, 0.4) is 0 Å². The summed E-state index contributed by atoms with van der Waals surface area (Å²) in [7, 11) is 0. The van der Waals surface area contributed by atoms with E-state index in [1.165, 1.54) is 6.92 Å². The quantitative estimate of drug-likeness (QED) is 0.783. The number of aliphatic hydroxyl groups excluding tert-OH is 1. The van der Waals surface area contributed by atoms with Crippen LogP contribution in [0.1, 0.15) is 31.3 Å². The molecule has 0 saturated carbocycles. The molecule has 4 rings (SSSR count). The highest BCUT2D eigenvalue weighted by Crippen LogP contribution is 2.34. The van der Waals surface area contributed by atoms with Crippen molar-refractivity contribution in [1.29, 1.82) is 0 Å². The zero-order chi connectivity index (χ0) is 21.1. The first-order valence-electron chi connectivity index (χ1n) is 10.2. The van der Waals surface area contributed by atoms with Gasteiger partial charge in [0, 0.05) is 12.5 Å². The molecular formula is C23H27NO6. The molecular weight excluding hydrogens is 386 g/mol. The van der Waals surface area contributed by atoms with Gasteiger partial charge in [-0.2, -0.15) is 0 Å². The molecule has 0 unspecified atom stereocenters. The fourth-order valence-electron chi connectivity index (χ4n) is 3.83. The van der Waals surface area contributed by atoms with E-state index in [0.29, 0.717) is 5.75 Å². The van der Waals surface area contributed by atoms with Crippen molar-refractivity contribution in [3.8, 4) is 5.75 Å². The largest absolute Gasteiger partial charge is 0.463 e. The molecule has 2 aliphatic rings. The van der Waals surface area contributed by atoms with Crippen LogP contribution in [0, 0.1) is 0 Å². The number of carbonyl (C=O) groups excluding carboxylic acids is 1. The van der Waals surface area contributed by atoms with Gasteiger partial charge in [-0.3, -0.25) is 4.79 Å². The van der Waals surface area contributed by atoms with Crippen LogP contribution in [0.15, 0.2) is 54.6 Å². The molecule has 2 N–H and O–H groups in total. The molecule has 2 aliphatic heterocycles. The van der Waals surface area contributed by atoms with Gasteiger partial charge in [0.25, 0.3) is 0 Å². The van der Waals surface area contributed by atoms with E-state index >= 15 is 0 Å². The Bertz CT molecular complexity index is 860. The van der Waals surface area contributed by atoms with E-state index in [9.17, 15) is 9.90 Å². The normalized spacial score (nSPS) is 30.9. The van der Waals surface area contributed by atoms with Crippen molar-refractivity contribution in [1.82, 2.24) is 5.32 Å². The number of amides is 1. The summed E-state index contributed by atoms with van der Waals surface area (Å²) in [5.74, 6) is 0.323. The van der Waals surface area contributed by atoms with Gasteiger partial charge >= 0.3 is 0 Å². The van der Waals surface area contributed by atoms with Crippen LogP contribution in [0.4, 0.5) is 0 Å². The number of rotatable bonds is 5. The number of aliphatic hydroxyl groups is 1. The van der Waals surface area contributed by atoms with E-state index in [1.54, 1.807) is 0 Å². The summed E-state index contributed by atoms with van der Waals surface area (Å²) in [6, 6.07) is 16.4. The molecule has 0 aromatic heterocycles. The fourth-order valence-corrected chi connectivity index (χ4v) is 3.83. The number of hydrogen-bond donors (Lipinski definition) is 2. The van der Waals surface area contributed by atoms with Gasteiger partial charge in [0.1, 0.15) is 30.1 Å². The highest BCUT2D eigenvalue weighted by atomic mass is 16.7. The Hall–Kier alpha value is -2.45. The third kappa shape index (κ3) is 4.49. The number of hydrogen-bond acceptors (Lipinski definition) is 6. The van der Waals surface area contributed by atoms with Crippen LogP contribution in [-0.2, 0) is 25.4 Å². The van der Waals surface area contributed by atoms with Crippen LogP contribution in [-0.4, -0.2) is 48.3 Å². The molecule has 1 amide bonds. The van der Waals surface area contributed by atoms with Gasteiger partial charge in [-0.1, -0.05) is 49.4 Å². The smallest absolute Gasteiger partial charge is 0.223 e. The first-order chi connectivity index (χ1) is 14.5. The third-order valence-electron chi connectivity index (χ3n) is 5.37. The topological polar surface area (TPSA) is 86.2 Å². The summed E-state index contributed by atoms with van der Waals surface area (Å²) in [6.45, 7) is 3.69. The van der Waals surface area contributed by atoms with Crippen molar-refractivity contribution in [2.45, 2.75) is 57.2 Å². The summed E-state index contributed by atoms with van der Waals surface area (Å²) in [4.78, 5) is 11.8. The van der Waals surface area contributed by atoms with E-state index in [1.807, 2.05) is 54.6 Å². The Kier molecular flexibility index (Phi) is 6.34. The number of fused-ring (bicyclic) bond motifs is 1. The Labute approximate surface area is 175 Å². The summed E-state index contributed by atoms with van der Waals surface area (Å²) in [5, 5.41) is 13.8. The molecule has 2 aromatic carbocycles. The minimum atomic E-state index is -1.03. The van der Waals surface area contributed by atoms with Gasteiger partial charge < -0.3 is 29.4 Å². The first kappa shape index (κ1) is 20.8. The lowest BCUT2D eigenvalue weighted by Gasteiger charge is -2.47. The van der Waals surface area contributed by atoms with Gasteiger partial charge in [-0.05, 0) is 24.1 Å². The zero-order valence-electron chi connectivity index (χ0n) is 17.1. The second-order valence-electron chi connectivity index (χ2n) is 7.56. The van der Waals surface area contributed by atoms with Crippen molar-refractivity contribution >= 4 is 5.91 Å². The number of benzene rings is 2. The molecule has 0 bridgehead atoms. The van der Waals surface area contributed by atoms with Crippen molar-refractivity contribution in [2.24, 2.45) is 0 Å². The van der Waals surface area contributed by atoms with Crippen LogP contribution in [0.2, 0.25) is 0 Å². The number of nitrogens with one attached hydrogen (secondary N) is 1. The average molecular weight is 413 g/mol. The summed E-state index contributed by atoms with van der Waals surface area (Å²) in [6.07, 6.45) is -2.83. The van der Waals surface area contributed by atoms with Gasteiger partial charge in [-0.25, -0.2) is 0 Å². The first-order valence-corrected chi connectivity index (χ1v) is 10.2. The maximum Gasteiger partial charge on any atom is 0.223 e. The highest BCUT2D eigenvalue weighted by molar-refractivity contribution is 5.73. The molecule has 7 nitrogen and oxygen atoms in total. The Morgan fingerprint density at radius 2 is 1.97 bits per heavy atom. The predicted octanol–water partition coefficient (Wildman–Crippen LogP) is 2.33. The molecule has 0 aliphatic carbocycles. The molecule has 160 valence electrons. The summed E-state index contributed by atoms with van der Waals surface area (Å²) < 4.78 is 24.0. The lowest BCUT2D eigenvalue weighted by atomic mass is 9.95. The molecule has 2 fully saturated rings. The summed E-state index contributed by atoms with van der Waals surface area (Å²) in [5.41, 5.74) is 1.97. The monoisotopic (exact) mass is 413 g/mol. The molecule has 7 heteroatoms. The van der Waals surface area contributed by atoms with Gasteiger partial charge in [0.2, 0.25) is 12.2 Å². The van der Waals surface area contributed by atoms with Gasteiger partial charge in [-0.15, -0.1) is 0 Å². The number of aryl methyl sites for hydroxylation is 1. The highest BCUT2D eigenvalue weighted by Gasteiger charge is 2.50. The van der Waals surface area contributed by atoms with Crippen molar-refractivity contribution in [2.75, 3.05) is 6.61 Å². The Morgan fingerprint density at radius 1 is 1.17 bits per heavy atom. The van der Waals surface area contributed by atoms with Gasteiger partial charge in [0.05, 0.1) is 6.61 Å². The minimum Gasteiger partial charge on any atom is -0.463 e. The maximum absolute atomic E-state index is 11.8. The van der Waals surface area contributed by atoms with E-state index in [0.717, 1.165) is 17.5 Å². The van der Waals surface area contributed by atoms with Crippen LogP contribution in [0.25, 0.3) is 0 Å². The second-order valence-corrected chi connectivity index (χ2v) is 7.56. The standard InChI is InChI=1S/C23H27NO6/c1-3-15-8-7-11-17(12-15)28-23-19(24-14(2)25)20(26)21-18(29-23)13-27-22(30-21)16-9-5-4-6-10-16/h4-12,18-23,26H,3,13H2,1-2H3,(H,24,25)/t18-,19-,20+,21+,22+,23-/m1/s1. The van der Waals surface area contributed by atoms with Crippen LogP contribution < -0.4 is 10.1 Å². The van der Waals surface area contributed by atoms with Crippen LogP contribution >= 0.6 is 0 Å². The van der Waals surface area contributed by atoms with E-state index in [-0.39, 0.29) is 12.5 Å². The third-order valence-corrected chi connectivity index (χ3v) is 5.37. The predicted molar refractivity (Wildman–Crippen MR) is 109 cm³/mol. The molecule has 0 spiro atoms. The molecule has 2 aromatic rings. The van der Waals surface area contributed by atoms with E-state index in [2.05, 4.69) is 12.2 Å². The molecule has 30 heavy (non-hydrogen) atoms. The summed E-state index contributed by atoms with van der Waals surface area (Å²) >= 11 is 0. The fraction of sp³-hybridized carbons (Fsp3) is 0.435. The van der Waals surface area contributed by atoms with Gasteiger partial charge in [0.15, 0.2) is 6.29 Å². The molecule has 6 atom stereocenters. The number of ether oxygens (including phenoxy) is 4. The van der Waals surface area contributed by atoms with Crippen LogP contribution in [0.5, 0.6) is 5.75 Å². The maximum atomic E-state index is 11.8. The lowest BCUT2D eigenvalue weighted by Crippen LogP contribution is -2.67. The van der Waals surface area contributed by atoms with Crippen molar-refractivity contribution < 1.29 is 28.8 Å². The second kappa shape index (κ2) is 9.14. The lowest BCUT2D eigenvalue weighted by molar-refractivity contribution is -0.333. The average Bonchev–Trinajstić information content (AvgIpc) is 2.77. The molecule has 0 radical (unpaired) electrons.